The van der Waals surface area contributed by atoms with Crippen molar-refractivity contribution in [2.45, 2.75) is 79.1 Å². The van der Waals surface area contributed by atoms with E-state index in [4.69, 9.17) is 0 Å². The predicted molar refractivity (Wildman–Crippen MR) is 149 cm³/mol. The van der Waals surface area contributed by atoms with Crippen LogP contribution in [0.1, 0.15) is 55.9 Å². The molecule has 0 spiro atoms. The van der Waals surface area contributed by atoms with E-state index in [0.29, 0.717) is 16.5 Å². The van der Waals surface area contributed by atoms with E-state index in [1.165, 1.54) is 78.5 Å². The van der Waals surface area contributed by atoms with Crippen molar-refractivity contribution in [3.8, 4) is 0 Å². The molecule has 1 N–H and O–H groups in total. The van der Waals surface area contributed by atoms with E-state index in [1.54, 1.807) is 0 Å². The number of likely N-dealkylation sites (N-methyl/N-ethyl adjacent to an activating group) is 1. The second kappa shape index (κ2) is 9.81. The quantitative estimate of drug-likeness (QED) is 0.640. The molecule has 6 heteroatoms. The Labute approximate surface area is 217 Å². The lowest BCUT2D eigenvalue weighted by molar-refractivity contribution is 0.0505. The Kier molecular flexibility index (Phi) is 7.79. The maximum atomic E-state index is 3.38. The predicted octanol–water partition coefficient (Wildman–Crippen LogP) is 2.61. The van der Waals surface area contributed by atoms with E-state index >= 15 is 0 Å². The molecule has 6 rings (SSSR count). The van der Waals surface area contributed by atoms with Crippen molar-refractivity contribution in [2.75, 3.05) is 85.6 Å². The summed E-state index contributed by atoms with van der Waals surface area (Å²) in [5.74, 6) is 2.78. The Bertz CT molecular complexity index is 704. The summed E-state index contributed by atoms with van der Waals surface area (Å²) in [5, 5.41) is 3.38. The number of rotatable bonds is 2. The van der Waals surface area contributed by atoms with E-state index in [9.17, 15) is 0 Å². The molecule has 204 valence electrons. The fourth-order valence-electron chi connectivity index (χ4n) is 7.48. The van der Waals surface area contributed by atoms with Crippen molar-refractivity contribution >= 4 is 0 Å². The average molecular weight is 491 g/mol. The minimum Gasteiger partial charge on any atom is -0.314 e. The minimum atomic E-state index is 0. The molecule has 6 nitrogen and oxygen atoms in total. The van der Waals surface area contributed by atoms with Crippen LogP contribution in [0.4, 0.5) is 0 Å². The highest BCUT2D eigenvalue weighted by molar-refractivity contribution is 5.06. The fourth-order valence-corrected chi connectivity index (χ4v) is 7.48. The zero-order valence-corrected chi connectivity index (χ0v) is 23.6. The molecule has 0 aromatic carbocycles. The molecule has 4 atom stereocenters. The molecule has 6 saturated heterocycles. The Morgan fingerprint density at radius 2 is 1.23 bits per heavy atom. The van der Waals surface area contributed by atoms with Gasteiger partial charge in [0.25, 0.3) is 0 Å². The highest BCUT2D eigenvalue weighted by Crippen LogP contribution is 2.45. The van der Waals surface area contributed by atoms with Crippen LogP contribution in [0.3, 0.4) is 0 Å². The summed E-state index contributed by atoms with van der Waals surface area (Å²) in [6, 6.07) is 1.70. The van der Waals surface area contributed by atoms with Gasteiger partial charge in [0.1, 0.15) is 0 Å². The summed E-state index contributed by atoms with van der Waals surface area (Å²) < 4.78 is 0. The third kappa shape index (κ3) is 5.63. The molecule has 35 heavy (non-hydrogen) atoms. The number of hydrogen-bond acceptors (Lipinski definition) is 6. The van der Waals surface area contributed by atoms with Crippen molar-refractivity contribution in [3.05, 3.63) is 0 Å². The van der Waals surface area contributed by atoms with Crippen LogP contribution in [0.2, 0.25) is 0 Å². The number of hydrogen-bond donors (Lipinski definition) is 1. The zero-order valence-electron chi connectivity index (χ0n) is 23.6. The van der Waals surface area contributed by atoms with Crippen molar-refractivity contribution in [1.82, 2.24) is 29.8 Å². The Morgan fingerprint density at radius 3 is 1.66 bits per heavy atom. The molecule has 6 fully saturated rings. The second-order valence-electron chi connectivity index (χ2n) is 15.1. The minimum absolute atomic E-state index is 0. The van der Waals surface area contributed by atoms with E-state index in [0.717, 1.165) is 29.8 Å². The van der Waals surface area contributed by atoms with Gasteiger partial charge in [-0.2, -0.15) is 0 Å². The highest BCUT2D eigenvalue weighted by atomic mass is 15.3. The van der Waals surface area contributed by atoms with Crippen molar-refractivity contribution in [2.24, 2.45) is 23.2 Å². The summed E-state index contributed by atoms with van der Waals surface area (Å²) in [4.78, 5) is 13.3. The fraction of sp³-hybridized carbons (Fsp3) is 1.00. The van der Waals surface area contributed by atoms with Crippen LogP contribution in [0.15, 0.2) is 0 Å². The van der Waals surface area contributed by atoms with E-state index < -0.39 is 0 Å². The monoisotopic (exact) mass is 490 g/mol. The van der Waals surface area contributed by atoms with Gasteiger partial charge in [0, 0.05) is 102 Å². The largest absolute Gasteiger partial charge is 0.314 e. The molecule has 0 bridgehead atoms. The smallest absolute Gasteiger partial charge is 0.0350 e. The van der Waals surface area contributed by atoms with Crippen LogP contribution in [-0.4, -0.2) is 133 Å². The zero-order chi connectivity index (χ0) is 24.5. The third-order valence-corrected chi connectivity index (χ3v) is 10.2. The number of fused-ring (bicyclic) bond motifs is 2. The topological polar surface area (TPSA) is 28.2 Å². The first-order chi connectivity index (χ1) is 15.8. The summed E-state index contributed by atoms with van der Waals surface area (Å²) >= 11 is 0. The average Bonchev–Trinajstić information content (AvgIpc) is 3.33. The number of likely N-dealkylation sites (tertiary alicyclic amines) is 5. The SMILES string of the molecule is C.CC(C)(C)N1C[C@H]2CN(C3CNC3)C[C@H]2C1.CN1CC(N2C[C@@H]3CN(C(C)(C)C)C[C@]3(C)C2)C1. The van der Waals surface area contributed by atoms with Gasteiger partial charge >= 0.3 is 0 Å². The molecule has 0 aromatic heterocycles. The lowest BCUT2D eigenvalue weighted by Gasteiger charge is -2.43. The molecule has 0 unspecified atom stereocenters. The number of nitrogens with one attached hydrogen (secondary N) is 1. The maximum absolute atomic E-state index is 3.38. The molecule has 0 aromatic rings. The molecule has 6 heterocycles. The molecule has 0 radical (unpaired) electrons. The van der Waals surface area contributed by atoms with Crippen LogP contribution < -0.4 is 5.32 Å². The van der Waals surface area contributed by atoms with E-state index in [1.807, 2.05) is 0 Å². The van der Waals surface area contributed by atoms with E-state index in [2.05, 4.69) is 85.3 Å². The van der Waals surface area contributed by atoms with Crippen LogP contribution in [0.25, 0.3) is 0 Å². The normalized spacial score (nSPS) is 37.9. The first-order valence-corrected chi connectivity index (χ1v) is 14.2. The molecular formula is C29H58N6. The number of nitrogens with zero attached hydrogens (tertiary/aromatic N) is 5. The highest BCUT2D eigenvalue weighted by Gasteiger charge is 2.53. The Balaban J connectivity index is 0.000000161. The van der Waals surface area contributed by atoms with Crippen LogP contribution in [0, 0.1) is 23.2 Å². The van der Waals surface area contributed by atoms with E-state index in [-0.39, 0.29) is 7.43 Å². The van der Waals surface area contributed by atoms with Gasteiger partial charge in [-0.3, -0.25) is 19.6 Å². The van der Waals surface area contributed by atoms with Gasteiger partial charge in [0.15, 0.2) is 0 Å². The molecule has 0 amide bonds. The Morgan fingerprint density at radius 1 is 0.657 bits per heavy atom. The lowest BCUT2D eigenvalue weighted by Crippen LogP contribution is -2.57. The summed E-state index contributed by atoms with van der Waals surface area (Å²) in [5.41, 5.74) is 1.25. The van der Waals surface area contributed by atoms with Crippen molar-refractivity contribution in [3.63, 3.8) is 0 Å². The van der Waals surface area contributed by atoms with Crippen LogP contribution in [0.5, 0.6) is 0 Å². The van der Waals surface area contributed by atoms with Crippen molar-refractivity contribution < 1.29 is 0 Å². The standard InChI is InChI=1S/C15H29N3.C13H25N3.CH4/c1-14(2,3)18-7-12-6-17(10-15(12,4)11-18)13-8-16(5)9-13;1-13(2,3)16-8-10-6-15(7-11(10)9-16)12-4-14-5-12;/h12-13H,6-11H2,1-5H3;10-12,14H,4-9H2,1-3H3;1H4/t12-,15+;10-,11+;/m1../s1. The van der Waals surface area contributed by atoms with Gasteiger partial charge in [0.2, 0.25) is 0 Å². The third-order valence-electron chi connectivity index (χ3n) is 10.2. The second-order valence-corrected chi connectivity index (χ2v) is 15.1. The lowest BCUT2D eigenvalue weighted by atomic mass is 9.83. The summed E-state index contributed by atoms with van der Waals surface area (Å²) in [7, 11) is 2.23. The van der Waals surface area contributed by atoms with Gasteiger partial charge in [-0.25, -0.2) is 0 Å². The molecular weight excluding hydrogens is 432 g/mol. The van der Waals surface area contributed by atoms with Gasteiger partial charge in [-0.05, 0) is 71.8 Å². The van der Waals surface area contributed by atoms with Crippen molar-refractivity contribution in [1.29, 1.82) is 0 Å². The first kappa shape index (κ1) is 27.8. The van der Waals surface area contributed by atoms with Gasteiger partial charge < -0.3 is 10.2 Å². The van der Waals surface area contributed by atoms with Crippen LogP contribution >= 0.6 is 0 Å². The summed E-state index contributed by atoms with van der Waals surface area (Å²) in [6.45, 7) is 32.3. The summed E-state index contributed by atoms with van der Waals surface area (Å²) in [6.07, 6.45) is 0. The molecule has 0 aliphatic carbocycles. The van der Waals surface area contributed by atoms with Gasteiger partial charge in [-0.15, -0.1) is 0 Å². The van der Waals surface area contributed by atoms with Gasteiger partial charge in [0.05, 0.1) is 0 Å². The first-order valence-electron chi connectivity index (χ1n) is 14.2. The molecule has 6 aliphatic heterocycles. The maximum Gasteiger partial charge on any atom is 0.0350 e. The Hall–Kier alpha value is -0.240. The van der Waals surface area contributed by atoms with Gasteiger partial charge in [-0.1, -0.05) is 14.4 Å². The molecule has 0 saturated carbocycles. The molecule has 6 aliphatic rings. The van der Waals surface area contributed by atoms with Crippen LogP contribution in [-0.2, 0) is 0 Å².